The second kappa shape index (κ2) is 26.3. The number of amides is 4. The molecule has 20 heteroatoms. The average Bonchev–Trinajstić information content (AvgIpc) is 3.89. The van der Waals surface area contributed by atoms with Gasteiger partial charge in [-0.2, -0.15) is 0 Å². The van der Waals surface area contributed by atoms with Gasteiger partial charge >= 0.3 is 7.82 Å². The van der Waals surface area contributed by atoms with E-state index in [1.807, 2.05) is 32.0 Å². The molecular formula is C42H65N6O13P. The Morgan fingerprint density at radius 1 is 0.968 bits per heavy atom. The number of carbonyl (C=O) groups excluding carboxylic acids is 6. The van der Waals surface area contributed by atoms with Gasteiger partial charge in [-0.15, -0.1) is 0 Å². The zero-order chi connectivity index (χ0) is 45.8. The molecule has 0 saturated carbocycles. The zero-order valence-electron chi connectivity index (χ0n) is 36.4. The predicted molar refractivity (Wildman–Crippen MR) is 226 cm³/mol. The summed E-state index contributed by atoms with van der Waals surface area (Å²) in [5.41, 5.74) is 7.16. The second-order valence-corrected chi connectivity index (χ2v) is 17.3. The summed E-state index contributed by atoms with van der Waals surface area (Å²) in [6.07, 6.45) is 3.23. The van der Waals surface area contributed by atoms with Crippen LogP contribution in [-0.4, -0.2) is 130 Å². The number of phosphoric acid groups is 1. The van der Waals surface area contributed by atoms with Crippen molar-refractivity contribution in [3.05, 3.63) is 54.1 Å². The highest BCUT2D eigenvalue weighted by Gasteiger charge is 2.41. The fraction of sp³-hybridized carbons (Fsp3) is 0.643. The first-order valence-corrected chi connectivity index (χ1v) is 22.6. The minimum absolute atomic E-state index is 0.0135. The lowest BCUT2D eigenvalue weighted by Gasteiger charge is -2.27. The van der Waals surface area contributed by atoms with Crippen LogP contribution in [0.1, 0.15) is 83.9 Å². The van der Waals surface area contributed by atoms with Crippen molar-refractivity contribution in [3.8, 4) is 0 Å². The van der Waals surface area contributed by atoms with Crippen molar-refractivity contribution in [2.75, 3.05) is 40.1 Å². The third kappa shape index (κ3) is 18.5. The number of ether oxygens (including phenoxy) is 3. The highest BCUT2D eigenvalue weighted by Crippen LogP contribution is 2.39. The van der Waals surface area contributed by atoms with Crippen molar-refractivity contribution in [1.29, 1.82) is 0 Å². The van der Waals surface area contributed by atoms with Gasteiger partial charge in [0, 0.05) is 57.8 Å². The summed E-state index contributed by atoms with van der Waals surface area (Å²) >= 11 is 0. The molecule has 7 atom stereocenters. The summed E-state index contributed by atoms with van der Waals surface area (Å²) in [5.74, 6) is -6.17. The number of aryl methyl sites for hydroxylation is 1. The molecule has 1 aromatic carbocycles. The number of aromatic nitrogens is 2. The Kier molecular flexibility index (Phi) is 22.1. The Hall–Kier alpha value is -4.36. The third-order valence-electron chi connectivity index (χ3n) is 10.6. The molecule has 62 heavy (non-hydrogen) atoms. The number of benzene rings is 1. The van der Waals surface area contributed by atoms with Crippen LogP contribution in [0, 0.1) is 17.8 Å². The Morgan fingerprint density at radius 2 is 1.69 bits per heavy atom. The summed E-state index contributed by atoms with van der Waals surface area (Å²) in [6.45, 7) is 7.77. The highest BCUT2D eigenvalue weighted by atomic mass is 31.2. The van der Waals surface area contributed by atoms with Gasteiger partial charge in [-0.1, -0.05) is 44.2 Å². The van der Waals surface area contributed by atoms with Crippen LogP contribution >= 0.6 is 7.82 Å². The van der Waals surface area contributed by atoms with E-state index in [-0.39, 0.29) is 57.1 Å². The molecule has 1 aliphatic rings. The van der Waals surface area contributed by atoms with E-state index in [2.05, 4.69) is 37.3 Å². The maximum Gasteiger partial charge on any atom is 0.469 e. The number of rotatable bonds is 30. The second-order valence-electron chi connectivity index (χ2n) is 16.1. The van der Waals surface area contributed by atoms with E-state index in [0.717, 1.165) is 19.3 Å². The quantitative estimate of drug-likeness (QED) is 0.0485. The fourth-order valence-corrected chi connectivity index (χ4v) is 7.80. The average molecular weight is 893 g/mol. The van der Waals surface area contributed by atoms with Gasteiger partial charge in [0.05, 0.1) is 68.7 Å². The van der Waals surface area contributed by atoms with E-state index < -0.39 is 85.7 Å². The molecule has 2 aromatic rings. The maximum absolute atomic E-state index is 14.2. The molecule has 2 heterocycles. The van der Waals surface area contributed by atoms with Gasteiger partial charge in [-0.25, -0.2) is 9.55 Å². The molecular weight excluding hydrogens is 827 g/mol. The summed E-state index contributed by atoms with van der Waals surface area (Å²) in [6, 6.07) is 6.96. The van der Waals surface area contributed by atoms with E-state index in [1.165, 1.54) is 36.8 Å². The van der Waals surface area contributed by atoms with Crippen LogP contribution in [0.5, 0.6) is 0 Å². The van der Waals surface area contributed by atoms with Gasteiger partial charge in [-0.3, -0.25) is 33.3 Å². The summed E-state index contributed by atoms with van der Waals surface area (Å²) in [7, 11) is -3.47. The SMILES string of the molecule is COCCOCCC(=O)N1C[C@@H](OCCCCc2ccccc2)C[C@H]1C(=O)N[C@@H](CC(C)C)C(=O)C[C@@H](Cc1cnc[nH]1)C(=O)N[C@@H](C)C(=O)C[C@H](C(N)=O)[C@@H](C)OP(=O)(O)O. The number of nitrogens with one attached hydrogen (secondary N) is 3. The minimum Gasteiger partial charge on any atom is -0.382 e. The first-order chi connectivity index (χ1) is 29.4. The Morgan fingerprint density at radius 3 is 2.32 bits per heavy atom. The first-order valence-electron chi connectivity index (χ1n) is 21.1. The number of nitrogens with zero attached hydrogens (tertiary/aromatic N) is 2. The number of phosphoric ester groups is 1. The Balaban J connectivity index is 1.73. The molecule has 1 aromatic heterocycles. The van der Waals surface area contributed by atoms with Crippen LogP contribution in [0.25, 0.3) is 0 Å². The van der Waals surface area contributed by atoms with Crippen molar-refractivity contribution < 1.29 is 61.9 Å². The Bertz CT molecular complexity index is 1780. The van der Waals surface area contributed by atoms with E-state index in [9.17, 15) is 43.1 Å². The lowest BCUT2D eigenvalue weighted by molar-refractivity contribution is -0.140. The molecule has 1 aliphatic heterocycles. The van der Waals surface area contributed by atoms with E-state index in [1.54, 1.807) is 7.11 Å². The van der Waals surface area contributed by atoms with Crippen molar-refractivity contribution >= 4 is 43.0 Å². The predicted octanol–water partition coefficient (Wildman–Crippen LogP) is 2.18. The number of unbranched alkanes of at least 4 members (excludes halogenated alkanes) is 1. The van der Waals surface area contributed by atoms with Gasteiger partial charge in [0.2, 0.25) is 23.6 Å². The number of methoxy groups -OCH3 is 1. The first kappa shape index (κ1) is 52.0. The van der Waals surface area contributed by atoms with Gasteiger partial charge in [-0.05, 0) is 51.0 Å². The third-order valence-corrected chi connectivity index (χ3v) is 11.2. The number of H-pyrrole nitrogens is 1. The number of likely N-dealkylation sites (tertiary alicyclic amines) is 1. The number of ketones is 2. The standard InChI is InChI=1S/C42H65N6O13P/c1-27(2)19-35(38(50)21-31(20-32-24-44-26-45-32)41(53)46-28(3)37(49)23-34(40(43)52)29(4)61-62(55,56)57)47-42(54)36-22-33(25-48(36)39(51)14-16-59-18-17-58-5)60-15-10-9-13-30-11-7-6-8-12-30/h6-8,11-12,24,26-29,31,33-36H,9-10,13-23,25H2,1-5H3,(H2,43,52)(H,44,45)(H,46,53)(H,47,54)(H2,55,56,57)/t28-,29+,31+,33-,34-,35-,36-/m0/s1. The molecule has 0 bridgehead atoms. The van der Waals surface area contributed by atoms with Crippen LogP contribution in [-0.2, 0) is 64.9 Å². The van der Waals surface area contributed by atoms with Crippen LogP contribution in [0.4, 0.5) is 0 Å². The lowest BCUT2D eigenvalue weighted by atomic mass is 9.89. The van der Waals surface area contributed by atoms with Crippen molar-refractivity contribution in [3.63, 3.8) is 0 Å². The van der Waals surface area contributed by atoms with Crippen molar-refractivity contribution in [1.82, 2.24) is 25.5 Å². The number of hydrogen-bond acceptors (Lipinski definition) is 12. The number of imidazole rings is 1. The molecule has 19 nitrogen and oxygen atoms in total. The summed E-state index contributed by atoms with van der Waals surface area (Å²) < 4.78 is 32.7. The molecule has 1 saturated heterocycles. The molecule has 4 amide bonds. The number of nitrogens with two attached hydrogens (primary N) is 1. The van der Waals surface area contributed by atoms with Crippen LogP contribution in [0.2, 0.25) is 0 Å². The molecule has 3 rings (SSSR count). The lowest BCUT2D eigenvalue weighted by Crippen LogP contribution is -2.52. The molecule has 0 radical (unpaired) electrons. The molecule has 346 valence electrons. The molecule has 0 aliphatic carbocycles. The van der Waals surface area contributed by atoms with Gasteiger partial charge in [0.1, 0.15) is 6.04 Å². The maximum atomic E-state index is 14.2. The van der Waals surface area contributed by atoms with Gasteiger partial charge < -0.3 is 50.2 Å². The van der Waals surface area contributed by atoms with Crippen molar-refractivity contribution in [2.45, 2.75) is 116 Å². The summed E-state index contributed by atoms with van der Waals surface area (Å²) in [5, 5.41) is 5.49. The monoisotopic (exact) mass is 892 g/mol. The largest absolute Gasteiger partial charge is 0.469 e. The molecule has 1 fully saturated rings. The van der Waals surface area contributed by atoms with Gasteiger partial charge in [0.25, 0.3) is 0 Å². The topological polar surface area (TPSA) is 279 Å². The zero-order valence-corrected chi connectivity index (χ0v) is 37.3. The van der Waals surface area contributed by atoms with E-state index in [0.29, 0.717) is 25.5 Å². The highest BCUT2D eigenvalue weighted by molar-refractivity contribution is 7.46. The van der Waals surface area contributed by atoms with E-state index >= 15 is 0 Å². The number of aromatic amines is 1. The number of hydrogen-bond donors (Lipinski definition) is 6. The van der Waals surface area contributed by atoms with Crippen molar-refractivity contribution in [2.24, 2.45) is 23.5 Å². The Labute approximate surface area is 363 Å². The molecule has 0 spiro atoms. The number of Topliss-reactive ketones (excluding diaryl/α,β-unsaturated/α-hetero) is 2. The number of carbonyl (C=O) groups is 6. The van der Waals surface area contributed by atoms with Crippen LogP contribution < -0.4 is 16.4 Å². The number of primary amides is 1. The van der Waals surface area contributed by atoms with Crippen LogP contribution in [0.3, 0.4) is 0 Å². The summed E-state index contributed by atoms with van der Waals surface area (Å²) in [4.78, 5) is 108. The van der Waals surface area contributed by atoms with E-state index in [4.69, 9.17) is 19.9 Å². The molecule has 0 unspecified atom stereocenters. The minimum atomic E-state index is -5.01. The molecule has 7 N–H and O–H groups in total. The fourth-order valence-electron chi connectivity index (χ4n) is 7.22. The normalized spacial score (nSPS) is 17.8. The van der Waals surface area contributed by atoms with Crippen LogP contribution in [0.15, 0.2) is 42.9 Å². The smallest absolute Gasteiger partial charge is 0.382 e. The van der Waals surface area contributed by atoms with Gasteiger partial charge in [0.15, 0.2) is 11.6 Å².